The predicted molar refractivity (Wildman–Crippen MR) is 55.8 cm³/mol. The molecule has 0 spiro atoms. The maximum atomic E-state index is 5.65. The molecule has 0 saturated carbocycles. The highest BCUT2D eigenvalue weighted by molar-refractivity contribution is 5.15. The molecule has 0 amide bonds. The van der Waals surface area contributed by atoms with E-state index in [0.29, 0.717) is 12.2 Å². The molecule has 0 radical (unpaired) electrons. The molecule has 0 saturated heterocycles. The number of hydrogen-bond acceptors (Lipinski definition) is 1. The van der Waals surface area contributed by atoms with Crippen LogP contribution in [0.5, 0.6) is 0 Å². The Morgan fingerprint density at radius 2 is 1.69 bits per heavy atom. The Kier molecular flexibility index (Phi) is 3.97. The van der Waals surface area contributed by atoms with E-state index in [0.717, 1.165) is 6.42 Å². The topological polar surface area (TPSA) is 9.23 Å². The molecule has 0 aliphatic carbocycles. The second-order valence-corrected chi connectivity index (χ2v) is 3.69. The highest BCUT2D eigenvalue weighted by atomic mass is 16.5. The van der Waals surface area contributed by atoms with Gasteiger partial charge in [0.25, 0.3) is 0 Å². The zero-order valence-electron chi connectivity index (χ0n) is 8.66. The van der Waals surface area contributed by atoms with E-state index in [1.165, 1.54) is 5.56 Å². The molecule has 0 aliphatic rings. The average molecular weight is 178 g/mol. The van der Waals surface area contributed by atoms with Crippen LogP contribution in [-0.2, 0) is 11.2 Å². The van der Waals surface area contributed by atoms with Crippen LogP contribution in [0.25, 0.3) is 0 Å². The SMILES string of the molecule is CC(C)OC(C)Cc1ccccc1. The Morgan fingerprint density at radius 3 is 2.23 bits per heavy atom. The number of benzene rings is 1. The van der Waals surface area contributed by atoms with Crippen molar-refractivity contribution in [2.45, 2.75) is 39.4 Å². The van der Waals surface area contributed by atoms with E-state index in [2.05, 4.69) is 45.0 Å². The van der Waals surface area contributed by atoms with Crippen molar-refractivity contribution >= 4 is 0 Å². The number of hydrogen-bond donors (Lipinski definition) is 0. The molecule has 1 unspecified atom stereocenters. The summed E-state index contributed by atoms with van der Waals surface area (Å²) in [6.07, 6.45) is 1.63. The van der Waals surface area contributed by atoms with Crippen molar-refractivity contribution in [1.82, 2.24) is 0 Å². The van der Waals surface area contributed by atoms with Gasteiger partial charge in [0.15, 0.2) is 0 Å². The molecule has 1 aromatic carbocycles. The van der Waals surface area contributed by atoms with Gasteiger partial charge < -0.3 is 4.74 Å². The maximum absolute atomic E-state index is 5.65. The van der Waals surface area contributed by atoms with Crippen LogP contribution in [0.2, 0.25) is 0 Å². The average Bonchev–Trinajstić information content (AvgIpc) is 2.04. The van der Waals surface area contributed by atoms with Crippen molar-refractivity contribution in [3.05, 3.63) is 35.9 Å². The van der Waals surface area contributed by atoms with Gasteiger partial charge in [0.2, 0.25) is 0 Å². The molecule has 1 heteroatoms. The summed E-state index contributed by atoms with van der Waals surface area (Å²) in [6.45, 7) is 6.26. The van der Waals surface area contributed by atoms with Gasteiger partial charge in [0.1, 0.15) is 0 Å². The zero-order valence-corrected chi connectivity index (χ0v) is 8.66. The molecule has 72 valence electrons. The van der Waals surface area contributed by atoms with Crippen molar-refractivity contribution < 1.29 is 4.74 Å². The van der Waals surface area contributed by atoms with Crippen molar-refractivity contribution in [1.29, 1.82) is 0 Å². The summed E-state index contributed by atoms with van der Waals surface area (Å²) in [5, 5.41) is 0. The monoisotopic (exact) mass is 178 g/mol. The quantitative estimate of drug-likeness (QED) is 0.688. The molecular formula is C12H18O. The third-order valence-electron chi connectivity index (χ3n) is 1.87. The van der Waals surface area contributed by atoms with Gasteiger partial charge in [-0.15, -0.1) is 0 Å². The number of rotatable bonds is 4. The van der Waals surface area contributed by atoms with E-state index < -0.39 is 0 Å². The van der Waals surface area contributed by atoms with Crippen LogP contribution in [0.3, 0.4) is 0 Å². The summed E-state index contributed by atoms with van der Waals surface area (Å²) in [4.78, 5) is 0. The maximum Gasteiger partial charge on any atom is 0.0590 e. The van der Waals surface area contributed by atoms with Crippen LogP contribution in [0.15, 0.2) is 30.3 Å². The minimum Gasteiger partial charge on any atom is -0.376 e. The second-order valence-electron chi connectivity index (χ2n) is 3.69. The largest absolute Gasteiger partial charge is 0.376 e. The first-order chi connectivity index (χ1) is 6.18. The van der Waals surface area contributed by atoms with Crippen LogP contribution < -0.4 is 0 Å². The molecule has 13 heavy (non-hydrogen) atoms. The van der Waals surface area contributed by atoms with Crippen LogP contribution in [0.4, 0.5) is 0 Å². The van der Waals surface area contributed by atoms with E-state index in [9.17, 15) is 0 Å². The minimum atomic E-state index is 0.308. The standard InChI is InChI=1S/C12H18O/c1-10(2)13-11(3)9-12-7-5-4-6-8-12/h4-8,10-11H,9H2,1-3H3. The van der Waals surface area contributed by atoms with Gasteiger partial charge >= 0.3 is 0 Å². The first-order valence-corrected chi connectivity index (χ1v) is 4.88. The first-order valence-electron chi connectivity index (χ1n) is 4.88. The van der Waals surface area contributed by atoms with Crippen LogP contribution in [0.1, 0.15) is 26.3 Å². The molecule has 0 aromatic heterocycles. The summed E-state index contributed by atoms with van der Waals surface area (Å²) in [5.74, 6) is 0. The molecule has 0 bridgehead atoms. The van der Waals surface area contributed by atoms with E-state index >= 15 is 0 Å². The van der Waals surface area contributed by atoms with Gasteiger partial charge in [-0.25, -0.2) is 0 Å². The van der Waals surface area contributed by atoms with Gasteiger partial charge in [-0.1, -0.05) is 30.3 Å². The number of ether oxygens (including phenoxy) is 1. The molecule has 0 aliphatic heterocycles. The molecular weight excluding hydrogens is 160 g/mol. The molecule has 0 fully saturated rings. The molecule has 0 N–H and O–H groups in total. The van der Waals surface area contributed by atoms with Crippen LogP contribution >= 0.6 is 0 Å². The lowest BCUT2D eigenvalue weighted by atomic mass is 10.1. The van der Waals surface area contributed by atoms with Gasteiger partial charge in [0.05, 0.1) is 12.2 Å². The Hall–Kier alpha value is -0.820. The normalized spacial score (nSPS) is 13.2. The summed E-state index contributed by atoms with van der Waals surface area (Å²) in [5.41, 5.74) is 1.34. The second kappa shape index (κ2) is 5.03. The third kappa shape index (κ3) is 4.09. The lowest BCUT2D eigenvalue weighted by Gasteiger charge is -2.15. The van der Waals surface area contributed by atoms with E-state index in [1.807, 2.05) is 6.07 Å². The third-order valence-corrected chi connectivity index (χ3v) is 1.87. The lowest BCUT2D eigenvalue weighted by molar-refractivity contribution is 0.0195. The predicted octanol–water partition coefficient (Wildman–Crippen LogP) is 3.04. The molecule has 1 atom stereocenters. The molecule has 1 aromatic rings. The van der Waals surface area contributed by atoms with Crippen molar-refractivity contribution in [2.24, 2.45) is 0 Å². The van der Waals surface area contributed by atoms with E-state index in [1.54, 1.807) is 0 Å². The van der Waals surface area contributed by atoms with Crippen LogP contribution in [0, 0.1) is 0 Å². The van der Waals surface area contributed by atoms with Gasteiger partial charge in [-0.3, -0.25) is 0 Å². The van der Waals surface area contributed by atoms with Gasteiger partial charge in [-0.05, 0) is 32.8 Å². The fourth-order valence-electron chi connectivity index (χ4n) is 1.46. The Balaban J connectivity index is 2.41. The van der Waals surface area contributed by atoms with Crippen molar-refractivity contribution in [3.8, 4) is 0 Å². The van der Waals surface area contributed by atoms with Crippen LogP contribution in [-0.4, -0.2) is 12.2 Å². The highest BCUT2D eigenvalue weighted by Gasteiger charge is 2.04. The smallest absolute Gasteiger partial charge is 0.0590 e. The summed E-state index contributed by atoms with van der Waals surface area (Å²) in [7, 11) is 0. The van der Waals surface area contributed by atoms with Gasteiger partial charge in [-0.2, -0.15) is 0 Å². The molecule has 0 heterocycles. The van der Waals surface area contributed by atoms with Crippen molar-refractivity contribution in [3.63, 3.8) is 0 Å². The minimum absolute atomic E-state index is 0.308. The van der Waals surface area contributed by atoms with Crippen molar-refractivity contribution in [2.75, 3.05) is 0 Å². The fourth-order valence-corrected chi connectivity index (χ4v) is 1.46. The summed E-state index contributed by atoms with van der Waals surface area (Å²) in [6, 6.07) is 10.5. The summed E-state index contributed by atoms with van der Waals surface area (Å²) >= 11 is 0. The molecule has 1 rings (SSSR count). The molecule has 1 nitrogen and oxygen atoms in total. The van der Waals surface area contributed by atoms with E-state index in [4.69, 9.17) is 4.74 Å². The summed E-state index contributed by atoms with van der Waals surface area (Å²) < 4.78 is 5.65. The highest BCUT2D eigenvalue weighted by Crippen LogP contribution is 2.06. The Morgan fingerprint density at radius 1 is 1.08 bits per heavy atom. The Labute approximate surface area is 80.7 Å². The van der Waals surface area contributed by atoms with Gasteiger partial charge in [0, 0.05) is 0 Å². The Bertz CT molecular complexity index is 228. The lowest BCUT2D eigenvalue weighted by Crippen LogP contribution is -2.16. The first kappa shape index (κ1) is 10.3. The zero-order chi connectivity index (χ0) is 9.68. The fraction of sp³-hybridized carbons (Fsp3) is 0.500. The van der Waals surface area contributed by atoms with E-state index in [-0.39, 0.29) is 0 Å².